The van der Waals surface area contributed by atoms with Gasteiger partial charge in [0.1, 0.15) is 0 Å². The maximum absolute atomic E-state index is 12.8. The summed E-state index contributed by atoms with van der Waals surface area (Å²) >= 11 is 0. The number of allylic oxidation sites excluding steroid dienone is 2. The first-order valence-corrected chi connectivity index (χ1v) is 13.8. The number of rotatable bonds is 1. The zero-order chi connectivity index (χ0) is 24.2. The third kappa shape index (κ3) is 2.87. The summed E-state index contributed by atoms with van der Waals surface area (Å²) in [6.45, 7) is 16.9. The van der Waals surface area contributed by atoms with E-state index in [2.05, 4.69) is 54.5 Å². The lowest BCUT2D eigenvalue weighted by Crippen LogP contribution is -2.65. The monoisotopic (exact) mass is 456 g/mol. The summed E-state index contributed by atoms with van der Waals surface area (Å²) in [5.74, 6) is 0.807. The fourth-order valence-corrected chi connectivity index (χ4v) is 10.6. The Balaban J connectivity index is 1.60. The van der Waals surface area contributed by atoms with Gasteiger partial charge in [0.2, 0.25) is 0 Å². The lowest BCUT2D eigenvalue weighted by molar-refractivity contribution is -0.205. The second-order valence-electron chi connectivity index (χ2n) is 15.1. The van der Waals surface area contributed by atoms with E-state index in [1.54, 1.807) is 0 Å². The molecule has 3 heteroatoms. The molecule has 2 N–H and O–H groups in total. The fraction of sp³-hybridized carbons (Fsp3) is 0.900. The van der Waals surface area contributed by atoms with E-state index < -0.39 is 11.4 Å². The normalized spacial score (nSPS) is 52.4. The van der Waals surface area contributed by atoms with Crippen molar-refractivity contribution in [1.29, 1.82) is 0 Å². The van der Waals surface area contributed by atoms with Crippen molar-refractivity contribution in [3.63, 3.8) is 0 Å². The average Bonchev–Trinajstić information content (AvgIpc) is 2.71. The molecular formula is C30H48O3. The zero-order valence-electron chi connectivity index (χ0n) is 22.3. The minimum Gasteiger partial charge on any atom is -0.481 e. The van der Waals surface area contributed by atoms with Crippen LogP contribution in [0.3, 0.4) is 0 Å². The molecule has 0 radical (unpaired) electrons. The van der Waals surface area contributed by atoms with Gasteiger partial charge in [-0.05, 0) is 109 Å². The van der Waals surface area contributed by atoms with Crippen LogP contribution in [-0.4, -0.2) is 22.3 Å². The first-order valence-electron chi connectivity index (χ1n) is 13.8. The molecule has 4 saturated carbocycles. The van der Waals surface area contributed by atoms with Crippen molar-refractivity contribution < 1.29 is 15.0 Å². The Kier molecular flexibility index (Phi) is 4.99. The highest BCUT2D eigenvalue weighted by Crippen LogP contribution is 2.75. The van der Waals surface area contributed by atoms with Gasteiger partial charge in [-0.1, -0.05) is 60.1 Å². The lowest BCUT2D eigenvalue weighted by atomic mass is 9.33. The predicted octanol–water partition coefficient (Wildman–Crippen LogP) is 7.23. The van der Waals surface area contributed by atoms with Crippen molar-refractivity contribution in [2.45, 2.75) is 119 Å². The second-order valence-corrected chi connectivity index (χ2v) is 15.1. The Morgan fingerprint density at radius 3 is 2.21 bits per heavy atom. The average molecular weight is 457 g/mol. The van der Waals surface area contributed by atoms with Crippen LogP contribution < -0.4 is 0 Å². The van der Waals surface area contributed by atoms with Crippen LogP contribution in [0.25, 0.3) is 0 Å². The largest absolute Gasteiger partial charge is 0.481 e. The summed E-state index contributed by atoms with van der Waals surface area (Å²) in [6.07, 6.45) is 12.6. The Morgan fingerprint density at radius 2 is 1.55 bits per heavy atom. The van der Waals surface area contributed by atoms with Crippen molar-refractivity contribution in [2.75, 3.05) is 0 Å². The molecule has 5 rings (SSSR count). The van der Waals surface area contributed by atoms with Gasteiger partial charge in [0.15, 0.2) is 0 Å². The van der Waals surface area contributed by atoms with Crippen molar-refractivity contribution in [2.24, 2.45) is 50.2 Å². The Hall–Kier alpha value is -0.830. The standard InChI is InChI=1S/C30H48O3/c1-25(2)14-16-30(24(32)33)17-15-28(6)19(20(30)18-25)8-9-22-27(5)12-11-23(31)26(3,4)21(27)10-13-29(22,28)7/h8,20-23,31H,9-18H2,1-7H3,(H,32,33)/t20-,21-,22-,23-,27-,28+,29-,30-/m0/s1. The summed E-state index contributed by atoms with van der Waals surface area (Å²) in [4.78, 5) is 12.8. The van der Waals surface area contributed by atoms with Gasteiger partial charge in [0.05, 0.1) is 11.5 Å². The lowest BCUT2D eigenvalue weighted by Gasteiger charge is -2.71. The summed E-state index contributed by atoms with van der Waals surface area (Å²) < 4.78 is 0. The van der Waals surface area contributed by atoms with Gasteiger partial charge >= 0.3 is 5.97 Å². The van der Waals surface area contributed by atoms with Gasteiger partial charge in [-0.2, -0.15) is 0 Å². The minimum absolute atomic E-state index is 0.0301. The Morgan fingerprint density at radius 1 is 0.879 bits per heavy atom. The summed E-state index contributed by atoms with van der Waals surface area (Å²) in [7, 11) is 0. The van der Waals surface area contributed by atoms with E-state index in [-0.39, 0.29) is 39.1 Å². The van der Waals surface area contributed by atoms with Gasteiger partial charge < -0.3 is 10.2 Å². The summed E-state index contributed by atoms with van der Waals surface area (Å²) in [5, 5.41) is 21.4. The van der Waals surface area contributed by atoms with Gasteiger partial charge in [-0.15, -0.1) is 0 Å². The first kappa shape index (κ1) is 23.9. The molecule has 5 aliphatic carbocycles. The van der Waals surface area contributed by atoms with E-state index >= 15 is 0 Å². The van der Waals surface area contributed by atoms with E-state index in [0.717, 1.165) is 51.4 Å². The number of carboxylic acids is 1. The van der Waals surface area contributed by atoms with Crippen LogP contribution in [0.2, 0.25) is 0 Å². The van der Waals surface area contributed by atoms with Crippen LogP contribution in [0.1, 0.15) is 113 Å². The molecule has 0 bridgehead atoms. The molecule has 8 atom stereocenters. The first-order chi connectivity index (χ1) is 15.1. The molecule has 4 fully saturated rings. The molecule has 0 aromatic heterocycles. The molecule has 33 heavy (non-hydrogen) atoms. The highest BCUT2D eigenvalue weighted by Gasteiger charge is 2.69. The third-order valence-electron chi connectivity index (χ3n) is 13.0. The number of fused-ring (bicyclic) bond motifs is 7. The van der Waals surface area contributed by atoms with Gasteiger partial charge in [-0.3, -0.25) is 4.79 Å². The van der Waals surface area contributed by atoms with E-state index in [1.165, 1.54) is 18.4 Å². The molecule has 0 aromatic carbocycles. The minimum atomic E-state index is -0.553. The van der Waals surface area contributed by atoms with Crippen LogP contribution in [-0.2, 0) is 4.79 Å². The maximum Gasteiger partial charge on any atom is 0.310 e. The maximum atomic E-state index is 12.8. The zero-order valence-corrected chi connectivity index (χ0v) is 22.3. The quantitative estimate of drug-likeness (QED) is 0.409. The Bertz CT molecular complexity index is 885. The number of carboxylic acid groups (broad SMARTS) is 1. The molecule has 3 nitrogen and oxygen atoms in total. The van der Waals surface area contributed by atoms with E-state index in [0.29, 0.717) is 11.8 Å². The van der Waals surface area contributed by atoms with Gasteiger partial charge in [0.25, 0.3) is 0 Å². The highest BCUT2D eigenvalue weighted by atomic mass is 16.4. The molecule has 0 unspecified atom stereocenters. The molecular weight excluding hydrogens is 408 g/mol. The number of hydrogen-bond donors (Lipinski definition) is 2. The van der Waals surface area contributed by atoms with Crippen molar-refractivity contribution in [3.8, 4) is 0 Å². The van der Waals surface area contributed by atoms with Gasteiger partial charge in [0, 0.05) is 0 Å². The Labute approximate surface area is 201 Å². The third-order valence-corrected chi connectivity index (χ3v) is 13.0. The molecule has 0 aliphatic heterocycles. The smallest absolute Gasteiger partial charge is 0.310 e. The number of aliphatic hydroxyl groups excluding tert-OH is 1. The van der Waals surface area contributed by atoms with Crippen molar-refractivity contribution in [3.05, 3.63) is 11.6 Å². The van der Waals surface area contributed by atoms with Crippen LogP contribution in [0.4, 0.5) is 0 Å². The molecule has 186 valence electrons. The predicted molar refractivity (Wildman–Crippen MR) is 133 cm³/mol. The molecule has 0 heterocycles. The molecule has 0 aromatic rings. The fourth-order valence-electron chi connectivity index (χ4n) is 10.6. The van der Waals surface area contributed by atoms with E-state index in [4.69, 9.17) is 0 Å². The SMILES string of the molecule is CC1(C)CC[C@]2(C(=O)O)CC[C@]3(C)C(=CC[C@H]4[C@@]5(C)CC[C@H](O)C(C)(C)[C@@H]5CC[C@@]43C)[C@@H]2C1. The van der Waals surface area contributed by atoms with Crippen molar-refractivity contribution >= 4 is 5.97 Å². The molecule has 5 aliphatic rings. The number of aliphatic hydroxyl groups is 1. The topological polar surface area (TPSA) is 57.5 Å². The number of carbonyl (C=O) groups is 1. The summed E-state index contributed by atoms with van der Waals surface area (Å²) in [6, 6.07) is 0. The molecule has 0 saturated heterocycles. The summed E-state index contributed by atoms with van der Waals surface area (Å²) in [5.41, 5.74) is 1.68. The van der Waals surface area contributed by atoms with Crippen LogP contribution >= 0.6 is 0 Å². The van der Waals surface area contributed by atoms with E-state index in [9.17, 15) is 15.0 Å². The van der Waals surface area contributed by atoms with Crippen LogP contribution in [0.5, 0.6) is 0 Å². The van der Waals surface area contributed by atoms with Crippen molar-refractivity contribution in [1.82, 2.24) is 0 Å². The molecule has 0 spiro atoms. The van der Waals surface area contributed by atoms with Gasteiger partial charge in [-0.25, -0.2) is 0 Å². The highest BCUT2D eigenvalue weighted by molar-refractivity contribution is 5.76. The van der Waals surface area contributed by atoms with Crippen LogP contribution in [0.15, 0.2) is 11.6 Å². The molecule has 0 amide bonds. The number of hydrogen-bond acceptors (Lipinski definition) is 2. The van der Waals surface area contributed by atoms with Crippen LogP contribution in [0, 0.1) is 50.2 Å². The second kappa shape index (κ2) is 6.89. The van der Waals surface area contributed by atoms with E-state index in [1.807, 2.05) is 0 Å². The number of aliphatic carboxylic acids is 1.